The van der Waals surface area contributed by atoms with E-state index < -0.39 is 61.2 Å². The number of aliphatic hydroxyl groups excluding tert-OH is 2. The summed E-state index contributed by atoms with van der Waals surface area (Å²) in [5, 5.41) is 36.0. The Balaban J connectivity index is 5.46. The Labute approximate surface area is 461 Å². The van der Waals surface area contributed by atoms with Crippen LogP contribution in [-0.4, -0.2) is 107 Å². The van der Waals surface area contributed by atoms with Gasteiger partial charge < -0.3 is 40.7 Å². The van der Waals surface area contributed by atoms with Gasteiger partial charge >= 0.3 is 17.9 Å². The summed E-state index contributed by atoms with van der Waals surface area (Å²) >= 11 is 1.21. The van der Waals surface area contributed by atoms with Crippen molar-refractivity contribution in [3.05, 3.63) is 0 Å². The van der Waals surface area contributed by atoms with Crippen LogP contribution in [0.1, 0.15) is 290 Å². The zero-order valence-electron chi connectivity index (χ0n) is 48.1. The molecule has 0 aliphatic heterocycles. The summed E-state index contributed by atoms with van der Waals surface area (Å²) in [5.41, 5.74) is 0. The molecule has 0 spiro atoms. The second-order valence-electron chi connectivity index (χ2n) is 21.3. The van der Waals surface area contributed by atoms with Crippen LogP contribution in [0.5, 0.6) is 0 Å². The zero-order chi connectivity index (χ0) is 55.3. The lowest BCUT2D eigenvalue weighted by atomic mass is 10.0. The van der Waals surface area contributed by atoms with E-state index in [-0.39, 0.29) is 49.3 Å². The highest BCUT2D eigenvalue weighted by molar-refractivity contribution is 7.99. The number of aliphatic hydroxyl groups is 2. The molecule has 15 heteroatoms. The highest BCUT2D eigenvalue weighted by Crippen LogP contribution is 2.18. The molecular formula is C60H113N3O11S. The van der Waals surface area contributed by atoms with Crippen LogP contribution in [-0.2, 0) is 38.2 Å². The summed E-state index contributed by atoms with van der Waals surface area (Å²) in [4.78, 5) is 77.4. The van der Waals surface area contributed by atoms with Crippen LogP contribution >= 0.6 is 11.8 Å². The number of carbonyl (C=O) groups is 6. The van der Waals surface area contributed by atoms with E-state index in [1.54, 1.807) is 0 Å². The van der Waals surface area contributed by atoms with Gasteiger partial charge in [-0.15, -0.1) is 0 Å². The third kappa shape index (κ3) is 46.9. The molecule has 14 nitrogen and oxygen atoms in total. The number of thioether (sulfide) groups is 1. The van der Waals surface area contributed by atoms with Crippen molar-refractivity contribution in [2.24, 2.45) is 0 Å². The first-order chi connectivity index (χ1) is 36.5. The predicted octanol–water partition coefficient (Wildman–Crippen LogP) is 13.1. The van der Waals surface area contributed by atoms with Gasteiger partial charge in [0, 0.05) is 30.8 Å². The smallest absolute Gasteiger partial charge is 0.328 e. The number of hydrogen-bond acceptors (Lipinski definition) is 11. The molecule has 0 bridgehead atoms. The number of rotatable bonds is 57. The van der Waals surface area contributed by atoms with E-state index in [0.717, 1.165) is 57.8 Å². The van der Waals surface area contributed by atoms with Crippen LogP contribution in [0.3, 0.4) is 0 Å². The monoisotopic (exact) mass is 1080 g/mol. The lowest BCUT2D eigenvalue weighted by Gasteiger charge is -2.24. The Morgan fingerprint density at radius 3 is 1.07 bits per heavy atom. The van der Waals surface area contributed by atoms with E-state index in [2.05, 4.69) is 36.7 Å². The van der Waals surface area contributed by atoms with E-state index in [0.29, 0.717) is 19.3 Å². The average Bonchev–Trinajstić information content (AvgIpc) is 3.39. The molecule has 0 aromatic heterocycles. The lowest BCUT2D eigenvalue weighted by molar-refractivity contribution is -0.157. The fourth-order valence-electron chi connectivity index (χ4n) is 9.19. The van der Waals surface area contributed by atoms with E-state index in [9.17, 15) is 44.1 Å². The first kappa shape index (κ1) is 72.1. The number of hydrogen-bond donors (Lipinski definition) is 6. The minimum atomic E-state index is -1.65. The summed E-state index contributed by atoms with van der Waals surface area (Å²) in [6, 6.07) is -4.40. The number of amides is 3. The molecule has 0 aliphatic rings. The number of nitrogens with one attached hydrogen (secondary N) is 3. The maximum absolute atomic E-state index is 13.7. The molecule has 0 fully saturated rings. The average molecular weight is 1080 g/mol. The topological polar surface area (TPSA) is 218 Å². The second-order valence-corrected chi connectivity index (χ2v) is 22.3. The zero-order valence-corrected chi connectivity index (χ0v) is 48.9. The number of carboxylic acids is 1. The number of unbranched alkanes of at least 4 members (excludes halogenated alkanes) is 36. The Morgan fingerprint density at radius 2 is 0.707 bits per heavy atom. The Morgan fingerprint density at radius 1 is 0.387 bits per heavy atom. The fraction of sp³-hybridized carbons (Fsp3) is 0.900. The van der Waals surface area contributed by atoms with Gasteiger partial charge in [-0.1, -0.05) is 252 Å². The summed E-state index contributed by atoms with van der Waals surface area (Å²) in [5.74, 6) is -4.28. The summed E-state index contributed by atoms with van der Waals surface area (Å²) in [6.45, 7) is 4.79. The molecule has 0 saturated carbocycles. The largest absolute Gasteiger partial charge is 0.480 e. The van der Waals surface area contributed by atoms with Crippen molar-refractivity contribution < 1.29 is 53.6 Å². The van der Waals surface area contributed by atoms with Crippen LogP contribution < -0.4 is 16.0 Å². The molecule has 0 aromatic rings. The number of carboxylic acid groups (broad SMARTS) is 1. The summed E-state index contributed by atoms with van der Waals surface area (Å²) < 4.78 is 11.5. The van der Waals surface area contributed by atoms with E-state index in [4.69, 9.17) is 9.47 Å². The first-order valence-electron chi connectivity index (χ1n) is 30.8. The summed E-state index contributed by atoms with van der Waals surface area (Å²) in [7, 11) is 0. The molecule has 0 radical (unpaired) electrons. The Kier molecular flexibility index (Phi) is 52.3. The normalized spacial score (nSPS) is 12.9. The van der Waals surface area contributed by atoms with E-state index in [1.807, 2.05) is 0 Å². The van der Waals surface area contributed by atoms with Crippen LogP contribution in [0.15, 0.2) is 0 Å². The van der Waals surface area contributed by atoms with Crippen molar-refractivity contribution in [2.75, 3.05) is 31.3 Å². The second kappa shape index (κ2) is 54.4. The molecule has 0 heterocycles. The molecule has 3 amide bonds. The molecule has 4 atom stereocenters. The highest BCUT2D eigenvalue weighted by atomic mass is 32.2. The number of esters is 2. The minimum absolute atomic E-state index is 0.00977. The molecule has 4 unspecified atom stereocenters. The van der Waals surface area contributed by atoms with Crippen molar-refractivity contribution in [1.29, 1.82) is 0 Å². The van der Waals surface area contributed by atoms with Gasteiger partial charge in [0.15, 0.2) is 0 Å². The van der Waals surface area contributed by atoms with Crippen LogP contribution in [0, 0.1) is 0 Å². The standard InChI is InChI=1S/C60H113N3O11S/c1-4-7-10-13-16-19-22-25-28-31-34-37-40-43-55(66)61-54(59(70)62-52(46-64)58(69)63-53(47-65)60(71)72)50-75-49-51(74-57(68)45-42-39-36-33-30-27-24-21-18-15-12-9-6-3)48-73-56(67)44-41-38-35-32-29-26-23-20-17-14-11-8-5-2/h51-54,64-65H,4-50H2,1-3H3,(H,61,66)(H,62,70)(H,63,69)(H,71,72). The molecule has 0 rings (SSSR count). The third-order valence-corrected chi connectivity index (χ3v) is 15.2. The number of aliphatic carboxylic acids is 1. The van der Waals surface area contributed by atoms with Gasteiger partial charge in [-0.25, -0.2) is 4.79 Å². The van der Waals surface area contributed by atoms with E-state index in [1.165, 1.54) is 185 Å². The van der Waals surface area contributed by atoms with Crippen LogP contribution in [0.25, 0.3) is 0 Å². The van der Waals surface area contributed by atoms with Crippen molar-refractivity contribution in [3.63, 3.8) is 0 Å². The van der Waals surface area contributed by atoms with Gasteiger partial charge in [0.25, 0.3) is 0 Å². The van der Waals surface area contributed by atoms with Crippen molar-refractivity contribution in [1.82, 2.24) is 16.0 Å². The molecule has 0 saturated heterocycles. The molecule has 440 valence electrons. The van der Waals surface area contributed by atoms with Gasteiger partial charge in [-0.3, -0.25) is 24.0 Å². The molecule has 6 N–H and O–H groups in total. The van der Waals surface area contributed by atoms with Crippen LogP contribution in [0.4, 0.5) is 0 Å². The van der Waals surface area contributed by atoms with Crippen molar-refractivity contribution in [2.45, 2.75) is 315 Å². The lowest BCUT2D eigenvalue weighted by Crippen LogP contribution is -2.58. The Bertz CT molecular complexity index is 1390. The maximum atomic E-state index is 13.7. The third-order valence-electron chi connectivity index (χ3n) is 14.1. The molecule has 75 heavy (non-hydrogen) atoms. The van der Waals surface area contributed by atoms with Crippen molar-refractivity contribution >= 4 is 47.4 Å². The summed E-state index contributed by atoms with van der Waals surface area (Å²) in [6.07, 6.45) is 45.9. The van der Waals surface area contributed by atoms with Gasteiger partial charge in [-0.05, 0) is 19.3 Å². The van der Waals surface area contributed by atoms with Gasteiger partial charge in [-0.2, -0.15) is 11.8 Å². The van der Waals surface area contributed by atoms with Gasteiger partial charge in [0.2, 0.25) is 17.7 Å². The highest BCUT2D eigenvalue weighted by Gasteiger charge is 2.30. The molecular weight excluding hydrogens is 971 g/mol. The fourth-order valence-corrected chi connectivity index (χ4v) is 10.2. The first-order valence-corrected chi connectivity index (χ1v) is 32.0. The number of ether oxygens (including phenoxy) is 2. The van der Waals surface area contributed by atoms with Crippen molar-refractivity contribution in [3.8, 4) is 0 Å². The van der Waals surface area contributed by atoms with E-state index >= 15 is 0 Å². The Hall–Kier alpha value is -2.91. The van der Waals surface area contributed by atoms with Gasteiger partial charge in [0.1, 0.15) is 30.8 Å². The predicted molar refractivity (Wildman–Crippen MR) is 307 cm³/mol. The molecule has 0 aromatic carbocycles. The molecule has 0 aliphatic carbocycles. The minimum Gasteiger partial charge on any atom is -0.480 e. The quantitative estimate of drug-likeness (QED) is 0.0248. The maximum Gasteiger partial charge on any atom is 0.328 e. The number of carbonyl (C=O) groups excluding carboxylic acids is 5. The van der Waals surface area contributed by atoms with Crippen LogP contribution in [0.2, 0.25) is 0 Å². The SMILES string of the molecule is CCCCCCCCCCCCCCCC(=O)NC(CSCC(COC(=O)CCCCCCCCCCCCCCC)OC(=O)CCCCCCCCCCCCCCC)C(=O)NC(CO)C(=O)NC(CO)C(=O)O. The van der Waals surface area contributed by atoms with Gasteiger partial charge in [0.05, 0.1) is 13.2 Å².